The number of hydrogen-bond donors (Lipinski definition) is 1. The summed E-state index contributed by atoms with van der Waals surface area (Å²) in [5, 5.41) is 4.71. The zero-order valence-electron chi connectivity index (χ0n) is 10.5. The largest absolute Gasteiger partial charge is 0.382 e. The molecule has 3 nitrogen and oxygen atoms in total. The van der Waals surface area contributed by atoms with E-state index in [1.807, 2.05) is 20.8 Å². The fourth-order valence-corrected chi connectivity index (χ4v) is 2.10. The second-order valence-corrected chi connectivity index (χ2v) is 5.54. The molecule has 18 heavy (non-hydrogen) atoms. The molecule has 0 aliphatic rings. The van der Waals surface area contributed by atoms with Gasteiger partial charge in [0.25, 0.3) is 0 Å². The van der Waals surface area contributed by atoms with E-state index in [1.54, 1.807) is 18.2 Å². The summed E-state index contributed by atoms with van der Waals surface area (Å²) in [6, 6.07) is 6.32. The van der Waals surface area contributed by atoms with Gasteiger partial charge in [-0.1, -0.05) is 44.5 Å². The normalized spacial score (nSPS) is 11.8. The first-order chi connectivity index (χ1) is 8.32. The lowest BCUT2D eigenvalue weighted by molar-refractivity contribution is 0.555. The minimum Gasteiger partial charge on any atom is -0.382 e. The molecule has 0 radical (unpaired) electrons. The van der Waals surface area contributed by atoms with Crippen LogP contribution in [0.25, 0.3) is 5.69 Å². The molecule has 0 aliphatic heterocycles. The highest BCUT2D eigenvalue weighted by atomic mass is 35.5. The molecule has 2 rings (SSSR count). The lowest BCUT2D eigenvalue weighted by Gasteiger charge is -2.15. The third-order valence-electron chi connectivity index (χ3n) is 2.65. The van der Waals surface area contributed by atoms with Crippen molar-refractivity contribution in [2.45, 2.75) is 26.2 Å². The molecule has 0 saturated heterocycles. The average Bonchev–Trinajstić information content (AvgIpc) is 2.57. The van der Waals surface area contributed by atoms with Gasteiger partial charge in [0, 0.05) is 5.41 Å². The van der Waals surface area contributed by atoms with Crippen LogP contribution < -0.4 is 5.73 Å². The fourth-order valence-electron chi connectivity index (χ4n) is 1.70. The van der Waals surface area contributed by atoms with Gasteiger partial charge in [-0.2, -0.15) is 5.10 Å². The Hall–Kier alpha value is -1.55. The summed E-state index contributed by atoms with van der Waals surface area (Å²) in [6.45, 7) is 5.94. The van der Waals surface area contributed by atoms with Gasteiger partial charge in [0.2, 0.25) is 0 Å². The zero-order valence-corrected chi connectivity index (χ0v) is 11.3. The Morgan fingerprint density at radius 3 is 2.39 bits per heavy atom. The van der Waals surface area contributed by atoms with Crippen molar-refractivity contribution in [3.63, 3.8) is 0 Å². The highest BCUT2D eigenvalue weighted by Crippen LogP contribution is 2.34. The quantitative estimate of drug-likeness (QED) is 0.859. The van der Waals surface area contributed by atoms with Crippen LogP contribution >= 0.6 is 11.6 Å². The van der Waals surface area contributed by atoms with Crippen molar-refractivity contribution < 1.29 is 4.39 Å². The van der Waals surface area contributed by atoms with Gasteiger partial charge in [0.15, 0.2) is 0 Å². The standard InChI is InChI=1S/C13H15ClFN3/c1-13(2,3)11-10(14)12(16)18(17-11)9-7-5-4-6-8(9)15/h4-7H,16H2,1-3H3. The van der Waals surface area contributed by atoms with E-state index >= 15 is 0 Å². The maximum absolute atomic E-state index is 13.7. The number of nitrogen functional groups attached to an aromatic ring is 1. The first-order valence-corrected chi connectivity index (χ1v) is 5.99. The lowest BCUT2D eigenvalue weighted by Crippen LogP contribution is -2.13. The highest BCUT2D eigenvalue weighted by Gasteiger charge is 2.25. The number of para-hydroxylation sites is 1. The number of halogens is 2. The van der Waals surface area contributed by atoms with Crippen molar-refractivity contribution in [2.75, 3.05) is 5.73 Å². The molecular formula is C13H15ClFN3. The minimum atomic E-state index is -0.385. The summed E-state index contributed by atoms with van der Waals surface area (Å²) in [5.74, 6) is -0.129. The molecule has 0 spiro atoms. The molecule has 0 aliphatic carbocycles. The van der Waals surface area contributed by atoms with E-state index in [9.17, 15) is 4.39 Å². The molecular weight excluding hydrogens is 253 g/mol. The summed E-state index contributed by atoms with van der Waals surface area (Å²) in [6.07, 6.45) is 0. The molecule has 0 fully saturated rings. The number of nitrogens with zero attached hydrogens (tertiary/aromatic N) is 2. The predicted octanol–water partition coefficient (Wildman–Crippen LogP) is 3.54. The molecule has 2 aromatic rings. The second kappa shape index (κ2) is 4.28. The van der Waals surface area contributed by atoms with Gasteiger partial charge >= 0.3 is 0 Å². The zero-order chi connectivity index (χ0) is 13.5. The van der Waals surface area contributed by atoms with Gasteiger partial charge in [-0.25, -0.2) is 9.07 Å². The van der Waals surface area contributed by atoms with E-state index in [4.69, 9.17) is 17.3 Å². The molecule has 1 aromatic carbocycles. The van der Waals surface area contributed by atoms with Crippen LogP contribution in [0.2, 0.25) is 5.02 Å². The maximum Gasteiger partial charge on any atom is 0.148 e. The first kappa shape index (κ1) is 12.9. The second-order valence-electron chi connectivity index (χ2n) is 5.16. The molecule has 1 aromatic heterocycles. The smallest absolute Gasteiger partial charge is 0.148 e. The maximum atomic E-state index is 13.7. The Bertz CT molecular complexity index is 584. The number of nitrogens with two attached hydrogens (primary N) is 1. The van der Waals surface area contributed by atoms with Crippen LogP contribution in [0.15, 0.2) is 24.3 Å². The van der Waals surface area contributed by atoms with Gasteiger partial charge in [-0.3, -0.25) is 0 Å². The van der Waals surface area contributed by atoms with Crippen LogP contribution in [0, 0.1) is 5.82 Å². The van der Waals surface area contributed by atoms with Crippen molar-refractivity contribution in [3.05, 3.63) is 40.8 Å². The van der Waals surface area contributed by atoms with Crippen LogP contribution in [0.5, 0.6) is 0 Å². The summed E-state index contributed by atoms with van der Waals surface area (Å²) >= 11 is 6.17. The van der Waals surface area contributed by atoms with E-state index in [2.05, 4.69) is 5.10 Å². The van der Waals surface area contributed by atoms with Crippen LogP contribution in [0.3, 0.4) is 0 Å². The number of benzene rings is 1. The minimum absolute atomic E-state index is 0.248. The van der Waals surface area contributed by atoms with Crippen molar-refractivity contribution in [1.29, 1.82) is 0 Å². The lowest BCUT2D eigenvalue weighted by atomic mass is 9.92. The van der Waals surface area contributed by atoms with Crippen molar-refractivity contribution in [3.8, 4) is 5.69 Å². The van der Waals surface area contributed by atoms with Gasteiger partial charge in [-0.15, -0.1) is 0 Å². The third kappa shape index (κ3) is 2.08. The Labute approximate surface area is 110 Å². The Kier molecular flexibility index (Phi) is 3.07. The number of rotatable bonds is 1. The monoisotopic (exact) mass is 267 g/mol. The predicted molar refractivity (Wildman–Crippen MR) is 71.6 cm³/mol. The van der Waals surface area contributed by atoms with Gasteiger partial charge < -0.3 is 5.73 Å². The molecule has 5 heteroatoms. The molecule has 96 valence electrons. The third-order valence-corrected chi connectivity index (χ3v) is 3.02. The summed E-state index contributed by atoms with van der Waals surface area (Å²) in [5.41, 5.74) is 6.61. The number of aromatic nitrogens is 2. The molecule has 0 atom stereocenters. The molecule has 0 unspecified atom stereocenters. The first-order valence-electron chi connectivity index (χ1n) is 5.61. The molecule has 2 N–H and O–H groups in total. The summed E-state index contributed by atoms with van der Waals surface area (Å²) in [7, 11) is 0. The van der Waals surface area contributed by atoms with Crippen LogP contribution in [0.1, 0.15) is 26.5 Å². The Morgan fingerprint density at radius 2 is 1.89 bits per heavy atom. The van der Waals surface area contributed by atoms with Crippen molar-refractivity contribution >= 4 is 17.4 Å². The van der Waals surface area contributed by atoms with Crippen LogP contribution in [-0.4, -0.2) is 9.78 Å². The highest BCUT2D eigenvalue weighted by molar-refractivity contribution is 6.33. The molecule has 1 heterocycles. The van der Waals surface area contributed by atoms with Crippen molar-refractivity contribution in [2.24, 2.45) is 0 Å². The van der Waals surface area contributed by atoms with E-state index in [1.165, 1.54) is 10.7 Å². The molecule has 0 bridgehead atoms. The van der Waals surface area contributed by atoms with Gasteiger partial charge in [0.1, 0.15) is 22.3 Å². The SMILES string of the molecule is CC(C)(C)c1nn(-c2ccccc2F)c(N)c1Cl. The number of anilines is 1. The molecule has 0 saturated carbocycles. The van der Waals surface area contributed by atoms with Crippen LogP contribution in [-0.2, 0) is 5.41 Å². The summed E-state index contributed by atoms with van der Waals surface area (Å²) < 4.78 is 15.1. The Balaban J connectivity index is 2.65. The fraction of sp³-hybridized carbons (Fsp3) is 0.308. The molecule has 0 amide bonds. The summed E-state index contributed by atoms with van der Waals surface area (Å²) in [4.78, 5) is 0. The average molecular weight is 268 g/mol. The van der Waals surface area contributed by atoms with Gasteiger partial charge in [-0.05, 0) is 12.1 Å². The van der Waals surface area contributed by atoms with E-state index in [0.29, 0.717) is 16.4 Å². The Morgan fingerprint density at radius 1 is 1.28 bits per heavy atom. The van der Waals surface area contributed by atoms with Gasteiger partial charge in [0.05, 0.1) is 5.69 Å². The van der Waals surface area contributed by atoms with Crippen molar-refractivity contribution in [1.82, 2.24) is 9.78 Å². The van der Waals surface area contributed by atoms with Crippen LogP contribution in [0.4, 0.5) is 10.2 Å². The number of hydrogen-bond acceptors (Lipinski definition) is 2. The topological polar surface area (TPSA) is 43.8 Å². The van der Waals surface area contributed by atoms with E-state index < -0.39 is 0 Å². The van der Waals surface area contributed by atoms with E-state index in [-0.39, 0.29) is 17.1 Å². The van der Waals surface area contributed by atoms with E-state index in [0.717, 1.165) is 0 Å².